The van der Waals surface area contributed by atoms with Gasteiger partial charge >= 0.3 is 0 Å². The number of ether oxygens (including phenoxy) is 1. The monoisotopic (exact) mass is 395 g/mol. The average Bonchev–Trinajstić information content (AvgIpc) is 2.60. The van der Waals surface area contributed by atoms with Gasteiger partial charge in [-0.1, -0.05) is 20.8 Å². The lowest BCUT2D eigenvalue weighted by Crippen LogP contribution is -3.15. The van der Waals surface area contributed by atoms with Crippen molar-refractivity contribution in [1.82, 2.24) is 0 Å². The maximum Gasteiger partial charge on any atom is 0.123 e. The third kappa shape index (κ3) is 6.37. The lowest BCUT2D eigenvalue weighted by molar-refractivity contribution is -0.900. The second kappa shape index (κ2) is 9.15. The summed E-state index contributed by atoms with van der Waals surface area (Å²) in [6.07, 6.45) is 4.05. The summed E-state index contributed by atoms with van der Waals surface area (Å²) in [7, 11) is 0. The van der Waals surface area contributed by atoms with E-state index in [0.717, 1.165) is 50.9 Å². The molecule has 5 heteroatoms. The minimum Gasteiger partial charge on any atom is -0.377 e. The molecular weight excluding hydrogens is 359 g/mol. The van der Waals surface area contributed by atoms with Gasteiger partial charge in [-0.25, -0.2) is 4.39 Å². The molecule has 3 atom stereocenters. The van der Waals surface area contributed by atoms with Crippen LogP contribution in [0.5, 0.6) is 0 Å². The van der Waals surface area contributed by atoms with Gasteiger partial charge < -0.3 is 14.5 Å². The van der Waals surface area contributed by atoms with Gasteiger partial charge in [0.2, 0.25) is 0 Å². The normalized spacial score (nSPS) is 27.5. The van der Waals surface area contributed by atoms with Crippen molar-refractivity contribution >= 4 is 18.3 Å². The molecule has 1 aromatic carbocycles. The van der Waals surface area contributed by atoms with E-state index in [1.165, 1.54) is 19.3 Å². The molecule has 1 N–H and O–H groups in total. The molecule has 1 heterocycles. The van der Waals surface area contributed by atoms with Crippen molar-refractivity contribution in [3.05, 3.63) is 30.1 Å². The second-order valence-corrected chi connectivity index (χ2v) is 10.2. The number of halogens is 1. The Hall–Kier alpha value is -0.780. The number of hydrogen-bond donors (Lipinski definition) is 2. The summed E-state index contributed by atoms with van der Waals surface area (Å²) < 4.78 is 19.3. The van der Waals surface area contributed by atoms with Gasteiger partial charge in [0.05, 0.1) is 50.7 Å². The molecule has 0 bridgehead atoms. The average molecular weight is 396 g/mol. The van der Waals surface area contributed by atoms with Crippen LogP contribution in [0.25, 0.3) is 0 Å². The maximum absolute atomic E-state index is 13.1. The zero-order chi connectivity index (χ0) is 19.4. The van der Waals surface area contributed by atoms with Crippen LogP contribution in [0, 0.1) is 17.2 Å². The number of rotatable bonds is 6. The van der Waals surface area contributed by atoms with Crippen LogP contribution in [-0.4, -0.2) is 50.7 Å². The van der Waals surface area contributed by atoms with Crippen LogP contribution in [0.2, 0.25) is 0 Å². The molecule has 3 rings (SSSR count). The topological polar surface area (TPSA) is 16.9 Å². The lowest BCUT2D eigenvalue weighted by Gasteiger charge is -2.39. The number of nitrogens with one attached hydrogen (secondary N) is 1. The molecule has 2 fully saturated rings. The summed E-state index contributed by atoms with van der Waals surface area (Å²) in [5, 5.41) is 0.290. The summed E-state index contributed by atoms with van der Waals surface area (Å²) in [6.45, 7) is 13.1. The quantitative estimate of drug-likeness (QED) is 0.721. The van der Waals surface area contributed by atoms with Crippen LogP contribution in [0.1, 0.15) is 40.0 Å². The largest absolute Gasteiger partial charge is 0.377 e. The molecule has 1 aliphatic carbocycles. The van der Waals surface area contributed by atoms with Crippen molar-refractivity contribution < 1.29 is 14.0 Å². The molecule has 0 radical (unpaired) electrons. The first kappa shape index (κ1) is 20.9. The Labute approximate surface area is 169 Å². The summed E-state index contributed by atoms with van der Waals surface area (Å²) >= 11 is 4.81. The Morgan fingerprint density at radius 3 is 2.52 bits per heavy atom. The van der Waals surface area contributed by atoms with E-state index in [1.807, 2.05) is 12.1 Å². The third-order valence-electron chi connectivity index (χ3n) is 6.06. The van der Waals surface area contributed by atoms with Gasteiger partial charge in [-0.05, 0) is 54.9 Å². The Kier molecular flexibility index (Phi) is 7.09. The van der Waals surface area contributed by atoms with Gasteiger partial charge in [0.1, 0.15) is 5.82 Å². The zero-order valence-corrected chi connectivity index (χ0v) is 18.0. The van der Waals surface area contributed by atoms with E-state index in [2.05, 4.69) is 25.7 Å². The van der Waals surface area contributed by atoms with Crippen molar-refractivity contribution in [2.24, 2.45) is 11.3 Å². The predicted molar refractivity (Wildman–Crippen MR) is 113 cm³/mol. The first-order chi connectivity index (χ1) is 12.8. The molecule has 0 aromatic heterocycles. The van der Waals surface area contributed by atoms with Crippen molar-refractivity contribution in [1.29, 1.82) is 0 Å². The molecule has 152 valence electrons. The molecule has 3 nitrogen and oxygen atoms in total. The summed E-state index contributed by atoms with van der Waals surface area (Å²) in [5.41, 5.74) is 1.52. The van der Waals surface area contributed by atoms with Crippen LogP contribution >= 0.6 is 12.6 Å². The summed E-state index contributed by atoms with van der Waals surface area (Å²) in [4.78, 5) is 3.94. The van der Waals surface area contributed by atoms with Gasteiger partial charge in [-0.2, -0.15) is 12.6 Å². The number of anilines is 1. The van der Waals surface area contributed by atoms with Crippen molar-refractivity contribution in [3.63, 3.8) is 0 Å². The maximum atomic E-state index is 13.1. The second-order valence-electron chi connectivity index (χ2n) is 9.44. The molecule has 0 amide bonds. The van der Waals surface area contributed by atoms with Crippen molar-refractivity contribution in [2.45, 2.75) is 51.4 Å². The fourth-order valence-corrected chi connectivity index (χ4v) is 5.31. The van der Waals surface area contributed by atoms with E-state index in [-0.39, 0.29) is 11.1 Å². The van der Waals surface area contributed by atoms with Gasteiger partial charge in [-0.15, -0.1) is 0 Å². The number of piperazine rings is 1. The molecule has 0 unspecified atom stereocenters. The zero-order valence-electron chi connectivity index (χ0n) is 17.1. The smallest absolute Gasteiger partial charge is 0.123 e. The molecule has 1 aromatic rings. The van der Waals surface area contributed by atoms with Crippen LogP contribution < -0.4 is 9.80 Å². The van der Waals surface area contributed by atoms with Crippen molar-refractivity contribution in [3.8, 4) is 0 Å². The number of thiol groups is 1. The minimum absolute atomic E-state index is 0.170. The highest BCUT2D eigenvalue weighted by Gasteiger charge is 2.33. The first-order valence-electron chi connectivity index (χ1n) is 10.4. The van der Waals surface area contributed by atoms with E-state index in [9.17, 15) is 4.39 Å². The number of hydrogen-bond acceptors (Lipinski definition) is 3. The Bertz CT molecular complexity index is 586. The van der Waals surface area contributed by atoms with Crippen molar-refractivity contribution in [2.75, 3.05) is 44.2 Å². The lowest BCUT2D eigenvalue weighted by atomic mass is 9.71. The van der Waals surface area contributed by atoms with E-state index >= 15 is 0 Å². The van der Waals surface area contributed by atoms with Gasteiger partial charge in [0, 0.05) is 5.69 Å². The van der Waals surface area contributed by atoms with E-state index in [0.29, 0.717) is 11.5 Å². The van der Waals surface area contributed by atoms with Crippen LogP contribution in [0.15, 0.2) is 24.3 Å². The molecule has 0 spiro atoms. The molecular formula is C22H36FN2OS+. The van der Waals surface area contributed by atoms with Crippen LogP contribution in [0.3, 0.4) is 0 Å². The van der Waals surface area contributed by atoms with E-state index in [4.69, 9.17) is 17.4 Å². The van der Waals surface area contributed by atoms with E-state index < -0.39 is 0 Å². The number of benzene rings is 1. The Morgan fingerprint density at radius 1 is 1.22 bits per heavy atom. The molecule has 27 heavy (non-hydrogen) atoms. The fraction of sp³-hybridized carbons (Fsp3) is 0.727. The van der Waals surface area contributed by atoms with Crippen LogP contribution in [0.4, 0.5) is 10.1 Å². The van der Waals surface area contributed by atoms with Crippen LogP contribution in [-0.2, 0) is 4.74 Å². The molecule has 1 saturated carbocycles. The highest BCUT2D eigenvalue weighted by atomic mass is 32.1. The highest BCUT2D eigenvalue weighted by molar-refractivity contribution is 7.81. The SMILES string of the molecule is C[C@H]1C[C@H](OC[C@H](S)C[NH+]2CCN(c3ccc(F)cc3)CC2)CC(C)(C)C1. The predicted octanol–water partition coefficient (Wildman–Crippen LogP) is 3.06. The number of quaternary nitrogens is 1. The molecule has 2 aliphatic rings. The van der Waals surface area contributed by atoms with Gasteiger partial charge in [-0.3, -0.25) is 0 Å². The first-order valence-corrected chi connectivity index (χ1v) is 11.0. The summed E-state index contributed by atoms with van der Waals surface area (Å²) in [6, 6.07) is 6.84. The van der Waals surface area contributed by atoms with Gasteiger partial charge in [0.25, 0.3) is 0 Å². The Morgan fingerprint density at radius 2 is 1.89 bits per heavy atom. The molecule has 1 saturated heterocycles. The standard InChI is InChI=1S/C22H35FN2OS/c1-17-12-20(14-22(2,3)13-17)26-16-21(27)15-24-8-10-25(11-9-24)19-6-4-18(23)5-7-19/h4-7,17,20-21,27H,8-16H2,1-3H3/p+1/t17-,20-,21+/m0/s1. The van der Waals surface area contributed by atoms with Gasteiger partial charge in [0.15, 0.2) is 0 Å². The summed E-state index contributed by atoms with van der Waals surface area (Å²) in [5.74, 6) is 0.582. The van der Waals surface area contributed by atoms with E-state index in [1.54, 1.807) is 17.0 Å². The minimum atomic E-state index is -0.170. The highest BCUT2D eigenvalue weighted by Crippen LogP contribution is 2.39. The third-order valence-corrected chi connectivity index (χ3v) is 6.39. The Balaban J connectivity index is 1.38. The fourth-order valence-electron chi connectivity index (χ4n) is 4.96. The molecule has 1 aliphatic heterocycles. The number of nitrogens with zero attached hydrogens (tertiary/aromatic N) is 1.